The van der Waals surface area contributed by atoms with Gasteiger partial charge in [-0.05, 0) is 23.9 Å². The summed E-state index contributed by atoms with van der Waals surface area (Å²) >= 11 is 1.56. The summed E-state index contributed by atoms with van der Waals surface area (Å²) < 4.78 is 0. The number of hydrogen-bond donors (Lipinski definition) is 2. The van der Waals surface area contributed by atoms with E-state index in [1.807, 2.05) is 18.4 Å². The van der Waals surface area contributed by atoms with Gasteiger partial charge < -0.3 is 0 Å². The van der Waals surface area contributed by atoms with Crippen molar-refractivity contribution in [3.63, 3.8) is 0 Å². The SMILES string of the molecule is Cc1ccsc1-c1n[nH]c(=O)[nH]1. The topological polar surface area (TPSA) is 61.5 Å². The van der Waals surface area contributed by atoms with Crippen molar-refractivity contribution >= 4 is 11.3 Å². The van der Waals surface area contributed by atoms with Gasteiger partial charge in [0.1, 0.15) is 0 Å². The van der Waals surface area contributed by atoms with Gasteiger partial charge in [-0.15, -0.1) is 11.3 Å². The Labute approximate surface area is 72.3 Å². The molecule has 0 radical (unpaired) electrons. The molecule has 0 aliphatic heterocycles. The average Bonchev–Trinajstić information content (AvgIpc) is 2.58. The number of hydrogen-bond acceptors (Lipinski definition) is 3. The lowest BCUT2D eigenvalue weighted by molar-refractivity contribution is 1.05. The first kappa shape index (κ1) is 7.30. The van der Waals surface area contributed by atoms with Crippen molar-refractivity contribution in [2.24, 2.45) is 0 Å². The van der Waals surface area contributed by atoms with Crippen molar-refractivity contribution in [3.8, 4) is 10.7 Å². The van der Waals surface area contributed by atoms with Gasteiger partial charge in [0.2, 0.25) is 0 Å². The van der Waals surface area contributed by atoms with Gasteiger partial charge in [-0.1, -0.05) is 0 Å². The van der Waals surface area contributed by atoms with Crippen molar-refractivity contribution < 1.29 is 0 Å². The van der Waals surface area contributed by atoms with E-state index in [0.29, 0.717) is 5.82 Å². The van der Waals surface area contributed by atoms with Crippen LogP contribution >= 0.6 is 11.3 Å². The molecule has 0 bridgehead atoms. The second-order valence-corrected chi connectivity index (χ2v) is 3.38. The number of nitrogens with one attached hydrogen (secondary N) is 2. The van der Waals surface area contributed by atoms with Gasteiger partial charge in [0.15, 0.2) is 5.82 Å². The van der Waals surface area contributed by atoms with Crippen molar-refractivity contribution in [2.45, 2.75) is 6.92 Å². The quantitative estimate of drug-likeness (QED) is 0.692. The summed E-state index contributed by atoms with van der Waals surface area (Å²) in [6, 6.07) is 1.99. The van der Waals surface area contributed by atoms with E-state index in [4.69, 9.17) is 0 Å². The average molecular weight is 181 g/mol. The van der Waals surface area contributed by atoms with Gasteiger partial charge in [-0.2, -0.15) is 5.10 Å². The van der Waals surface area contributed by atoms with Crippen LogP contribution in [0.3, 0.4) is 0 Å². The molecule has 2 heterocycles. The van der Waals surface area contributed by atoms with E-state index in [2.05, 4.69) is 15.2 Å². The zero-order chi connectivity index (χ0) is 8.55. The summed E-state index contributed by atoms with van der Waals surface area (Å²) in [5, 5.41) is 8.14. The van der Waals surface area contributed by atoms with E-state index in [0.717, 1.165) is 10.4 Å². The Hall–Kier alpha value is -1.36. The molecular formula is C7H7N3OS. The second kappa shape index (κ2) is 2.60. The molecule has 62 valence electrons. The number of aryl methyl sites for hydroxylation is 1. The van der Waals surface area contributed by atoms with Crippen LogP contribution in [0.15, 0.2) is 16.2 Å². The molecule has 0 atom stereocenters. The fourth-order valence-electron chi connectivity index (χ4n) is 0.993. The monoisotopic (exact) mass is 181 g/mol. The molecule has 0 aliphatic carbocycles. The zero-order valence-electron chi connectivity index (χ0n) is 6.42. The molecule has 2 rings (SSSR count). The smallest absolute Gasteiger partial charge is 0.288 e. The minimum Gasteiger partial charge on any atom is -0.288 e. The van der Waals surface area contributed by atoms with Crippen molar-refractivity contribution in [3.05, 3.63) is 27.5 Å². The van der Waals surface area contributed by atoms with E-state index in [1.165, 1.54) is 0 Å². The molecule has 0 fully saturated rings. The van der Waals surface area contributed by atoms with Crippen LogP contribution in [0.5, 0.6) is 0 Å². The maximum absolute atomic E-state index is 10.7. The van der Waals surface area contributed by atoms with Crippen LogP contribution in [0.4, 0.5) is 0 Å². The summed E-state index contributed by atoms with van der Waals surface area (Å²) in [7, 11) is 0. The highest BCUT2D eigenvalue weighted by molar-refractivity contribution is 7.13. The molecule has 0 aromatic carbocycles. The van der Waals surface area contributed by atoms with E-state index >= 15 is 0 Å². The number of aromatic nitrogens is 3. The molecular weight excluding hydrogens is 174 g/mol. The molecule has 0 unspecified atom stereocenters. The van der Waals surface area contributed by atoms with E-state index in [9.17, 15) is 4.79 Å². The van der Waals surface area contributed by atoms with Gasteiger partial charge in [0, 0.05) is 0 Å². The summed E-state index contributed by atoms with van der Waals surface area (Å²) in [4.78, 5) is 14.3. The van der Waals surface area contributed by atoms with E-state index in [1.54, 1.807) is 11.3 Å². The van der Waals surface area contributed by atoms with Crippen LogP contribution in [-0.2, 0) is 0 Å². The van der Waals surface area contributed by atoms with Crippen molar-refractivity contribution in [1.82, 2.24) is 15.2 Å². The first-order chi connectivity index (χ1) is 5.77. The lowest BCUT2D eigenvalue weighted by Gasteiger charge is -1.89. The van der Waals surface area contributed by atoms with Crippen LogP contribution in [0.1, 0.15) is 5.56 Å². The zero-order valence-corrected chi connectivity index (χ0v) is 7.23. The lowest BCUT2D eigenvalue weighted by Crippen LogP contribution is -2.00. The first-order valence-electron chi connectivity index (χ1n) is 3.46. The Morgan fingerprint density at radius 2 is 2.42 bits per heavy atom. The predicted molar refractivity (Wildman–Crippen MR) is 47.3 cm³/mol. The fraction of sp³-hybridized carbons (Fsp3) is 0.143. The number of rotatable bonds is 1. The minimum absolute atomic E-state index is 0.266. The Bertz CT molecular complexity index is 439. The highest BCUT2D eigenvalue weighted by Crippen LogP contribution is 2.24. The fourth-order valence-corrected chi connectivity index (χ4v) is 1.86. The Morgan fingerprint density at radius 1 is 1.58 bits per heavy atom. The lowest BCUT2D eigenvalue weighted by atomic mass is 10.3. The molecule has 2 N–H and O–H groups in total. The van der Waals surface area contributed by atoms with Crippen molar-refractivity contribution in [2.75, 3.05) is 0 Å². The standard InChI is InChI=1S/C7H7N3OS/c1-4-2-3-12-5(4)6-8-7(11)10-9-6/h2-3H,1H3,(H2,8,9,10,11). The Morgan fingerprint density at radius 3 is 2.92 bits per heavy atom. The van der Waals surface area contributed by atoms with Crippen LogP contribution in [0.25, 0.3) is 10.7 Å². The largest absolute Gasteiger partial charge is 0.340 e. The molecule has 0 saturated carbocycles. The predicted octanol–water partition coefficient (Wildman–Crippen LogP) is 1.13. The number of nitrogens with zero attached hydrogens (tertiary/aromatic N) is 1. The van der Waals surface area contributed by atoms with Gasteiger partial charge in [0.25, 0.3) is 0 Å². The van der Waals surface area contributed by atoms with Gasteiger partial charge in [-0.25, -0.2) is 9.89 Å². The number of aromatic amines is 2. The van der Waals surface area contributed by atoms with Crippen LogP contribution in [-0.4, -0.2) is 15.2 Å². The minimum atomic E-state index is -0.266. The van der Waals surface area contributed by atoms with Crippen molar-refractivity contribution in [1.29, 1.82) is 0 Å². The Balaban J connectivity index is 2.57. The molecule has 2 aromatic rings. The highest BCUT2D eigenvalue weighted by Gasteiger charge is 2.05. The van der Waals surface area contributed by atoms with E-state index in [-0.39, 0.29) is 5.69 Å². The summed E-state index contributed by atoms with van der Waals surface area (Å²) in [6.45, 7) is 1.98. The van der Waals surface area contributed by atoms with Crippen LogP contribution < -0.4 is 5.69 Å². The number of H-pyrrole nitrogens is 2. The highest BCUT2D eigenvalue weighted by atomic mass is 32.1. The third-order valence-electron chi connectivity index (χ3n) is 1.58. The van der Waals surface area contributed by atoms with Crippen LogP contribution in [0, 0.1) is 6.92 Å². The molecule has 0 spiro atoms. The normalized spacial score (nSPS) is 10.4. The molecule has 2 aromatic heterocycles. The van der Waals surface area contributed by atoms with Gasteiger partial charge >= 0.3 is 5.69 Å². The second-order valence-electron chi connectivity index (χ2n) is 2.46. The third kappa shape index (κ3) is 1.08. The summed E-state index contributed by atoms with van der Waals surface area (Å²) in [6.07, 6.45) is 0. The molecule has 4 nitrogen and oxygen atoms in total. The maximum atomic E-state index is 10.7. The Kier molecular flexibility index (Phi) is 1.58. The summed E-state index contributed by atoms with van der Waals surface area (Å²) in [5.74, 6) is 0.618. The number of thiophene rings is 1. The third-order valence-corrected chi connectivity index (χ3v) is 2.60. The molecule has 0 aliphatic rings. The molecule has 0 amide bonds. The molecule has 0 saturated heterocycles. The van der Waals surface area contributed by atoms with Gasteiger partial charge in [-0.3, -0.25) is 4.98 Å². The van der Waals surface area contributed by atoms with E-state index < -0.39 is 0 Å². The van der Waals surface area contributed by atoms with Crippen LogP contribution in [0.2, 0.25) is 0 Å². The van der Waals surface area contributed by atoms with Gasteiger partial charge in [0.05, 0.1) is 4.88 Å². The first-order valence-corrected chi connectivity index (χ1v) is 4.34. The molecule has 12 heavy (non-hydrogen) atoms. The maximum Gasteiger partial charge on any atom is 0.340 e. The molecule has 5 heteroatoms. The summed E-state index contributed by atoms with van der Waals surface area (Å²) in [5.41, 5.74) is 0.862.